The summed E-state index contributed by atoms with van der Waals surface area (Å²) in [5.41, 5.74) is 8.40. The minimum Gasteiger partial charge on any atom is -0.0827 e. The van der Waals surface area contributed by atoms with Gasteiger partial charge in [-0.15, -0.1) is 0 Å². The van der Waals surface area contributed by atoms with E-state index in [-0.39, 0.29) is 0 Å². The molecule has 0 aliphatic heterocycles. The highest BCUT2D eigenvalue weighted by molar-refractivity contribution is 5.50. The number of rotatable bonds is 2. The summed E-state index contributed by atoms with van der Waals surface area (Å²) in [6.07, 6.45) is 16.3. The molecule has 0 aromatic carbocycles. The average molecular weight is 367 g/mol. The second-order valence-corrected chi connectivity index (χ2v) is 11.8. The normalized spacial score (nSPS) is 41.2. The maximum Gasteiger partial charge on any atom is -0.00360 e. The van der Waals surface area contributed by atoms with Crippen LogP contribution in [-0.4, -0.2) is 0 Å². The van der Waals surface area contributed by atoms with Crippen molar-refractivity contribution < 1.29 is 0 Å². The molecule has 1 saturated carbocycles. The molecule has 0 aromatic heterocycles. The minimum absolute atomic E-state index is 0.414. The van der Waals surface area contributed by atoms with E-state index in [0.29, 0.717) is 22.2 Å². The van der Waals surface area contributed by atoms with Crippen LogP contribution >= 0.6 is 0 Å². The van der Waals surface area contributed by atoms with E-state index in [9.17, 15) is 0 Å². The van der Waals surface area contributed by atoms with Gasteiger partial charge in [0.2, 0.25) is 0 Å². The molecule has 0 amide bonds. The summed E-state index contributed by atoms with van der Waals surface area (Å²) in [5.74, 6) is 2.38. The van der Waals surface area contributed by atoms with Gasteiger partial charge in [0.15, 0.2) is 0 Å². The first-order valence-corrected chi connectivity index (χ1v) is 11.7. The summed E-state index contributed by atoms with van der Waals surface area (Å²) in [4.78, 5) is 0. The fraction of sp³-hybridized carbons (Fsp3) is 0.778. The van der Waals surface area contributed by atoms with Gasteiger partial charge in [0.1, 0.15) is 0 Å². The molecule has 0 aromatic rings. The molecule has 1 fully saturated rings. The lowest BCUT2D eigenvalue weighted by Crippen LogP contribution is -2.47. The Kier molecular flexibility index (Phi) is 4.60. The second kappa shape index (κ2) is 6.36. The fourth-order valence-corrected chi connectivity index (χ4v) is 8.26. The Morgan fingerprint density at radius 2 is 1.78 bits per heavy atom. The van der Waals surface area contributed by atoms with Crippen molar-refractivity contribution in [2.75, 3.05) is 0 Å². The third kappa shape index (κ3) is 2.84. The Morgan fingerprint density at radius 1 is 1.04 bits per heavy atom. The van der Waals surface area contributed by atoms with E-state index in [1.54, 1.807) is 5.57 Å². The van der Waals surface area contributed by atoms with Crippen LogP contribution in [0.2, 0.25) is 0 Å². The van der Waals surface area contributed by atoms with Crippen LogP contribution in [-0.2, 0) is 0 Å². The van der Waals surface area contributed by atoms with Crippen LogP contribution in [0.15, 0.2) is 34.4 Å². The van der Waals surface area contributed by atoms with Crippen molar-refractivity contribution in [1.29, 1.82) is 0 Å². The Bertz CT molecular complexity index is 710. The van der Waals surface area contributed by atoms with Gasteiger partial charge in [-0.25, -0.2) is 0 Å². The van der Waals surface area contributed by atoms with E-state index in [0.717, 1.165) is 11.8 Å². The van der Waals surface area contributed by atoms with E-state index in [4.69, 9.17) is 0 Å². The number of hydrogen-bond acceptors (Lipinski definition) is 0. The van der Waals surface area contributed by atoms with Crippen molar-refractivity contribution in [3.63, 3.8) is 0 Å². The van der Waals surface area contributed by atoms with Gasteiger partial charge in [-0.05, 0) is 104 Å². The summed E-state index contributed by atoms with van der Waals surface area (Å²) < 4.78 is 0. The molecule has 0 spiro atoms. The Labute approximate surface area is 168 Å². The fourth-order valence-electron chi connectivity index (χ4n) is 8.26. The monoisotopic (exact) mass is 366 g/mol. The smallest absolute Gasteiger partial charge is 0.00360 e. The van der Waals surface area contributed by atoms with Gasteiger partial charge in [-0.1, -0.05) is 64.3 Å². The predicted molar refractivity (Wildman–Crippen MR) is 118 cm³/mol. The SMILES string of the molecule is CC(C)=CC(C)[C@H]1CC=C2C3=C(CC[C@@]21C)[C@@]1(C)CCCC(C)(C)C1CC3. The summed E-state index contributed by atoms with van der Waals surface area (Å²) in [6.45, 7) is 17.3. The molecule has 0 heteroatoms. The highest BCUT2D eigenvalue weighted by Gasteiger charge is 2.55. The molecule has 4 rings (SSSR count). The second-order valence-electron chi connectivity index (χ2n) is 11.8. The number of fused-ring (bicyclic) bond motifs is 4. The van der Waals surface area contributed by atoms with Gasteiger partial charge in [0, 0.05) is 0 Å². The molecule has 0 heterocycles. The van der Waals surface area contributed by atoms with Crippen LogP contribution in [0.4, 0.5) is 0 Å². The summed E-state index contributed by atoms with van der Waals surface area (Å²) in [7, 11) is 0. The highest BCUT2D eigenvalue weighted by atomic mass is 14.6. The molecule has 0 nitrogen and oxygen atoms in total. The molecule has 4 aliphatic rings. The van der Waals surface area contributed by atoms with Gasteiger partial charge >= 0.3 is 0 Å². The van der Waals surface area contributed by atoms with Crippen LogP contribution in [0.5, 0.6) is 0 Å². The Morgan fingerprint density at radius 3 is 2.48 bits per heavy atom. The van der Waals surface area contributed by atoms with Crippen molar-refractivity contribution >= 4 is 0 Å². The van der Waals surface area contributed by atoms with E-state index in [2.05, 4.69) is 60.6 Å². The minimum atomic E-state index is 0.414. The van der Waals surface area contributed by atoms with Crippen molar-refractivity contribution in [2.24, 2.45) is 34.0 Å². The molecule has 5 atom stereocenters. The summed E-state index contributed by atoms with van der Waals surface area (Å²) >= 11 is 0. The quantitative estimate of drug-likeness (QED) is 0.431. The van der Waals surface area contributed by atoms with E-state index >= 15 is 0 Å². The largest absolute Gasteiger partial charge is 0.0827 e. The Balaban J connectivity index is 1.71. The molecule has 27 heavy (non-hydrogen) atoms. The average Bonchev–Trinajstić information content (AvgIpc) is 2.90. The first-order valence-electron chi connectivity index (χ1n) is 11.7. The van der Waals surface area contributed by atoms with E-state index in [1.165, 1.54) is 56.9 Å². The third-order valence-electron chi connectivity index (χ3n) is 9.43. The Hall–Kier alpha value is -0.780. The summed E-state index contributed by atoms with van der Waals surface area (Å²) in [5, 5.41) is 0. The first kappa shape index (κ1) is 19.5. The molecule has 0 bridgehead atoms. The standard InChI is InChI=1S/C27H42/c1-18(2)17-19(3)21-10-11-22-20-9-12-24-25(4,5)14-8-15-27(24,7)23(20)13-16-26(21,22)6/h11,17,19,21,24H,8-10,12-16H2,1-7H3/t19?,21-,24?,26-,27-/m1/s1. The molecule has 0 saturated heterocycles. The molecule has 0 radical (unpaired) electrons. The number of hydrogen-bond donors (Lipinski definition) is 0. The van der Waals surface area contributed by atoms with Crippen LogP contribution in [0, 0.1) is 34.0 Å². The van der Waals surface area contributed by atoms with Gasteiger partial charge in [0.25, 0.3) is 0 Å². The zero-order chi connectivity index (χ0) is 19.6. The van der Waals surface area contributed by atoms with E-state index < -0.39 is 0 Å². The van der Waals surface area contributed by atoms with Crippen molar-refractivity contribution in [3.8, 4) is 0 Å². The van der Waals surface area contributed by atoms with Gasteiger partial charge < -0.3 is 0 Å². The van der Waals surface area contributed by atoms with Gasteiger partial charge in [-0.3, -0.25) is 0 Å². The zero-order valence-corrected chi connectivity index (χ0v) is 19.0. The molecule has 2 unspecified atom stereocenters. The van der Waals surface area contributed by atoms with Crippen LogP contribution < -0.4 is 0 Å². The first-order chi connectivity index (χ1) is 12.6. The molecule has 0 N–H and O–H groups in total. The van der Waals surface area contributed by atoms with Gasteiger partial charge in [0.05, 0.1) is 0 Å². The maximum atomic E-state index is 2.67. The van der Waals surface area contributed by atoms with Crippen LogP contribution in [0.3, 0.4) is 0 Å². The maximum absolute atomic E-state index is 2.67. The van der Waals surface area contributed by atoms with Gasteiger partial charge in [-0.2, -0.15) is 0 Å². The van der Waals surface area contributed by atoms with Crippen LogP contribution in [0.1, 0.15) is 99.8 Å². The van der Waals surface area contributed by atoms with Crippen molar-refractivity contribution in [2.45, 2.75) is 99.8 Å². The molecule has 150 valence electrons. The molecular weight excluding hydrogens is 324 g/mol. The lowest BCUT2D eigenvalue weighted by atomic mass is 9.47. The number of allylic oxidation sites excluding steroid dienone is 6. The highest BCUT2D eigenvalue weighted by Crippen LogP contribution is 2.66. The topological polar surface area (TPSA) is 0 Å². The molecule has 4 aliphatic carbocycles. The van der Waals surface area contributed by atoms with Crippen molar-refractivity contribution in [3.05, 3.63) is 34.4 Å². The van der Waals surface area contributed by atoms with E-state index in [1.807, 2.05) is 11.1 Å². The zero-order valence-electron chi connectivity index (χ0n) is 19.0. The van der Waals surface area contributed by atoms with Crippen LogP contribution in [0.25, 0.3) is 0 Å². The van der Waals surface area contributed by atoms with Crippen molar-refractivity contribution in [1.82, 2.24) is 0 Å². The lowest BCUT2D eigenvalue weighted by molar-refractivity contribution is 0.00630. The molecular formula is C27H42. The third-order valence-corrected chi connectivity index (χ3v) is 9.43. The summed E-state index contributed by atoms with van der Waals surface area (Å²) in [6, 6.07) is 0. The lowest BCUT2D eigenvalue weighted by Gasteiger charge is -2.58. The predicted octanol–water partition coefficient (Wildman–Crippen LogP) is 8.26.